The van der Waals surface area contributed by atoms with Gasteiger partial charge >= 0.3 is 0 Å². The van der Waals surface area contributed by atoms with Crippen LogP contribution in [-0.2, 0) is 22.6 Å². The molecule has 1 amide bonds. The number of aromatic amines is 1. The number of rotatable bonds is 6. The Hall–Kier alpha value is -2.64. The molecule has 7 heteroatoms. The van der Waals surface area contributed by atoms with Crippen LogP contribution in [0.25, 0.3) is 10.9 Å². The molecule has 0 bridgehead atoms. The van der Waals surface area contributed by atoms with Crippen molar-refractivity contribution >= 4 is 16.8 Å². The molecule has 0 unspecified atom stereocenters. The second kappa shape index (κ2) is 7.54. The van der Waals surface area contributed by atoms with Gasteiger partial charge in [-0.2, -0.15) is 0 Å². The highest BCUT2D eigenvalue weighted by molar-refractivity contribution is 5.82. The number of nitrogens with one attached hydrogen (secondary N) is 1. The van der Waals surface area contributed by atoms with E-state index in [1.807, 2.05) is 18.7 Å². The molecule has 0 aliphatic carbocycles. The van der Waals surface area contributed by atoms with Crippen LogP contribution in [0.15, 0.2) is 43.0 Å². The Bertz CT molecular complexity index is 929. The van der Waals surface area contributed by atoms with E-state index in [4.69, 9.17) is 4.74 Å². The van der Waals surface area contributed by atoms with Gasteiger partial charge in [-0.1, -0.05) is 12.1 Å². The number of imidazole rings is 1. The molecule has 0 fully saturated rings. The van der Waals surface area contributed by atoms with Gasteiger partial charge in [-0.05, 0) is 17.7 Å². The van der Waals surface area contributed by atoms with Crippen LogP contribution in [0.4, 0.5) is 0 Å². The molecule has 0 saturated carbocycles. The first-order valence-corrected chi connectivity index (χ1v) is 9.18. The molecule has 27 heavy (non-hydrogen) atoms. The van der Waals surface area contributed by atoms with Gasteiger partial charge in [0.1, 0.15) is 6.61 Å². The van der Waals surface area contributed by atoms with Crippen molar-refractivity contribution in [2.75, 3.05) is 33.9 Å². The molecule has 1 atom stereocenters. The molecule has 4 rings (SSSR count). The number of nitrogens with zero attached hydrogens (tertiary/aromatic N) is 4. The SMILES string of the molecule is CN(C)C(=O)COC[C@H]1CN(Cc2cccc3[nH]ccc23)Cc2cncn21. The first-order valence-electron chi connectivity index (χ1n) is 9.18. The Morgan fingerprint density at radius 1 is 1.37 bits per heavy atom. The maximum absolute atomic E-state index is 11.8. The van der Waals surface area contributed by atoms with E-state index in [-0.39, 0.29) is 18.6 Å². The second-order valence-electron chi connectivity index (χ2n) is 7.28. The topological polar surface area (TPSA) is 66.4 Å². The Morgan fingerprint density at radius 3 is 3.11 bits per heavy atom. The number of carbonyl (C=O) groups excluding carboxylic acids is 1. The van der Waals surface area contributed by atoms with Crippen molar-refractivity contribution in [3.8, 4) is 0 Å². The van der Waals surface area contributed by atoms with Crippen LogP contribution in [0.5, 0.6) is 0 Å². The molecule has 1 aromatic carbocycles. The van der Waals surface area contributed by atoms with Crippen LogP contribution < -0.4 is 0 Å². The molecule has 1 aliphatic rings. The van der Waals surface area contributed by atoms with Crippen molar-refractivity contribution in [3.63, 3.8) is 0 Å². The summed E-state index contributed by atoms with van der Waals surface area (Å²) in [6, 6.07) is 8.66. The van der Waals surface area contributed by atoms with Gasteiger partial charge in [0, 0.05) is 57.0 Å². The fourth-order valence-electron chi connectivity index (χ4n) is 3.66. The summed E-state index contributed by atoms with van der Waals surface area (Å²) in [5, 5.41) is 1.26. The van der Waals surface area contributed by atoms with E-state index in [0.717, 1.165) is 25.2 Å². The molecular formula is C20H25N5O2. The Kier molecular flexibility index (Phi) is 4.96. The molecule has 3 aromatic rings. The highest BCUT2D eigenvalue weighted by Gasteiger charge is 2.25. The van der Waals surface area contributed by atoms with Gasteiger partial charge < -0.3 is 19.2 Å². The van der Waals surface area contributed by atoms with Crippen LogP contribution in [0.1, 0.15) is 17.3 Å². The van der Waals surface area contributed by atoms with Crippen molar-refractivity contribution < 1.29 is 9.53 Å². The summed E-state index contributed by atoms with van der Waals surface area (Å²) in [4.78, 5) is 23.3. The van der Waals surface area contributed by atoms with Crippen LogP contribution in [0, 0.1) is 0 Å². The molecule has 7 nitrogen and oxygen atoms in total. The highest BCUT2D eigenvalue weighted by Crippen LogP contribution is 2.25. The predicted molar refractivity (Wildman–Crippen MR) is 103 cm³/mol. The van der Waals surface area contributed by atoms with Crippen molar-refractivity contribution in [2.24, 2.45) is 0 Å². The van der Waals surface area contributed by atoms with E-state index in [2.05, 4.69) is 43.7 Å². The molecule has 142 valence electrons. The number of fused-ring (bicyclic) bond motifs is 2. The summed E-state index contributed by atoms with van der Waals surface area (Å²) in [5.41, 5.74) is 3.65. The average Bonchev–Trinajstić information content (AvgIpc) is 3.30. The zero-order chi connectivity index (χ0) is 18.8. The van der Waals surface area contributed by atoms with Crippen molar-refractivity contribution in [3.05, 3.63) is 54.2 Å². The zero-order valence-corrected chi connectivity index (χ0v) is 15.8. The summed E-state index contributed by atoms with van der Waals surface area (Å²) < 4.78 is 7.88. The number of H-pyrrole nitrogens is 1. The minimum atomic E-state index is -0.0207. The Balaban J connectivity index is 1.46. The van der Waals surface area contributed by atoms with Crippen LogP contribution in [0.3, 0.4) is 0 Å². The lowest BCUT2D eigenvalue weighted by Crippen LogP contribution is -2.39. The monoisotopic (exact) mass is 367 g/mol. The fraction of sp³-hybridized carbons (Fsp3) is 0.400. The number of likely N-dealkylation sites (N-methyl/N-ethyl adjacent to an activating group) is 1. The second-order valence-corrected chi connectivity index (χ2v) is 7.28. The maximum atomic E-state index is 11.8. The summed E-state index contributed by atoms with van der Waals surface area (Å²) in [6.45, 7) is 3.19. The minimum Gasteiger partial charge on any atom is -0.369 e. The van der Waals surface area contributed by atoms with Crippen molar-refractivity contribution in [1.29, 1.82) is 0 Å². The lowest BCUT2D eigenvalue weighted by Gasteiger charge is -2.34. The number of amides is 1. The molecular weight excluding hydrogens is 342 g/mol. The lowest BCUT2D eigenvalue weighted by molar-refractivity contribution is -0.134. The first kappa shape index (κ1) is 17.8. The molecule has 1 N–H and O–H groups in total. The van der Waals surface area contributed by atoms with Gasteiger partial charge in [0.15, 0.2) is 0 Å². The van der Waals surface area contributed by atoms with E-state index >= 15 is 0 Å². The molecule has 0 saturated heterocycles. The average molecular weight is 367 g/mol. The number of ether oxygens (including phenoxy) is 1. The predicted octanol–water partition coefficient (Wildman–Crippen LogP) is 2.03. The summed E-state index contributed by atoms with van der Waals surface area (Å²) >= 11 is 0. The smallest absolute Gasteiger partial charge is 0.248 e. The summed E-state index contributed by atoms with van der Waals surface area (Å²) in [7, 11) is 3.48. The van der Waals surface area contributed by atoms with Gasteiger partial charge in [0.25, 0.3) is 0 Å². The van der Waals surface area contributed by atoms with Gasteiger partial charge in [-0.25, -0.2) is 4.98 Å². The van der Waals surface area contributed by atoms with Crippen LogP contribution in [-0.4, -0.2) is 64.1 Å². The van der Waals surface area contributed by atoms with Crippen LogP contribution in [0.2, 0.25) is 0 Å². The third-order valence-electron chi connectivity index (χ3n) is 5.11. The Labute approximate surface area is 158 Å². The normalized spacial score (nSPS) is 17.2. The zero-order valence-electron chi connectivity index (χ0n) is 15.8. The summed E-state index contributed by atoms with van der Waals surface area (Å²) in [5.74, 6) is -0.0207. The van der Waals surface area contributed by atoms with Crippen LogP contribution >= 0.6 is 0 Å². The van der Waals surface area contributed by atoms with Gasteiger partial charge in [0.2, 0.25) is 5.91 Å². The van der Waals surface area contributed by atoms with Gasteiger partial charge in [-0.15, -0.1) is 0 Å². The molecule has 0 radical (unpaired) electrons. The number of hydrogen-bond donors (Lipinski definition) is 1. The first-order chi connectivity index (χ1) is 13.1. The number of carbonyl (C=O) groups is 1. The summed E-state index contributed by atoms with van der Waals surface area (Å²) in [6.07, 6.45) is 5.76. The molecule has 3 heterocycles. The molecule has 2 aromatic heterocycles. The van der Waals surface area contributed by atoms with E-state index in [9.17, 15) is 4.79 Å². The highest BCUT2D eigenvalue weighted by atomic mass is 16.5. The third kappa shape index (κ3) is 3.74. The van der Waals surface area contributed by atoms with E-state index in [1.165, 1.54) is 16.6 Å². The molecule has 1 aliphatic heterocycles. The number of aromatic nitrogens is 3. The largest absolute Gasteiger partial charge is 0.369 e. The standard InChI is InChI=1S/C20H25N5O2/c1-23(2)20(26)13-27-12-17-11-24(10-16-8-21-14-25(16)17)9-15-4-3-5-19-18(15)6-7-22-19/h3-8,14,17,22H,9-13H2,1-2H3/t17-/m1/s1. The number of hydrogen-bond acceptors (Lipinski definition) is 4. The van der Waals surface area contributed by atoms with Gasteiger partial charge in [0.05, 0.1) is 24.7 Å². The van der Waals surface area contributed by atoms with E-state index in [0.29, 0.717) is 6.61 Å². The fourth-order valence-corrected chi connectivity index (χ4v) is 3.66. The molecule has 0 spiro atoms. The van der Waals surface area contributed by atoms with Crippen molar-refractivity contribution in [2.45, 2.75) is 19.1 Å². The van der Waals surface area contributed by atoms with Gasteiger partial charge in [-0.3, -0.25) is 9.69 Å². The number of benzene rings is 1. The van der Waals surface area contributed by atoms with E-state index in [1.54, 1.807) is 19.0 Å². The lowest BCUT2D eigenvalue weighted by atomic mass is 10.1. The minimum absolute atomic E-state index is 0.0207. The maximum Gasteiger partial charge on any atom is 0.248 e. The third-order valence-corrected chi connectivity index (χ3v) is 5.11. The van der Waals surface area contributed by atoms with E-state index < -0.39 is 0 Å². The Morgan fingerprint density at radius 2 is 2.26 bits per heavy atom. The van der Waals surface area contributed by atoms with Crippen molar-refractivity contribution in [1.82, 2.24) is 24.3 Å². The quantitative estimate of drug-likeness (QED) is 0.724.